The summed E-state index contributed by atoms with van der Waals surface area (Å²) in [5.74, 6) is -0.117. The third-order valence-corrected chi connectivity index (χ3v) is 6.86. The highest BCUT2D eigenvalue weighted by Crippen LogP contribution is 2.37. The second-order valence-electron chi connectivity index (χ2n) is 5.72. The minimum Gasteiger partial charge on any atom is -0.324 e. The summed E-state index contributed by atoms with van der Waals surface area (Å²) in [7, 11) is -2.17. The summed E-state index contributed by atoms with van der Waals surface area (Å²) in [6.07, 6.45) is 0. The summed E-state index contributed by atoms with van der Waals surface area (Å²) in [6, 6.07) is 12.1. The first-order valence-corrected chi connectivity index (χ1v) is 9.78. The molecule has 0 unspecified atom stereocenters. The van der Waals surface area contributed by atoms with Crippen LogP contribution in [0.5, 0.6) is 0 Å². The number of nitrogens with zero attached hydrogens (tertiary/aromatic N) is 1. The van der Waals surface area contributed by atoms with Gasteiger partial charge in [0.25, 0.3) is 10.0 Å². The lowest BCUT2D eigenvalue weighted by atomic mass is 10.2. The molecule has 2 aromatic rings. The Morgan fingerprint density at radius 2 is 1.92 bits per heavy atom. The highest BCUT2D eigenvalue weighted by atomic mass is 32.2. The van der Waals surface area contributed by atoms with Gasteiger partial charge in [0.1, 0.15) is 0 Å². The van der Waals surface area contributed by atoms with E-state index in [1.807, 2.05) is 32.0 Å². The van der Waals surface area contributed by atoms with Crippen LogP contribution in [0.3, 0.4) is 0 Å². The molecule has 0 aromatic heterocycles. The molecular weight excluding hydrogens is 344 g/mol. The average molecular weight is 362 g/mol. The van der Waals surface area contributed by atoms with Crippen LogP contribution in [-0.4, -0.2) is 26.6 Å². The van der Waals surface area contributed by atoms with Crippen LogP contribution >= 0.6 is 11.8 Å². The first-order chi connectivity index (χ1) is 11.3. The summed E-state index contributed by atoms with van der Waals surface area (Å²) in [4.78, 5) is 12.8. The van der Waals surface area contributed by atoms with E-state index in [1.54, 1.807) is 18.2 Å². The van der Waals surface area contributed by atoms with Crippen molar-refractivity contribution >= 4 is 39.1 Å². The van der Waals surface area contributed by atoms with E-state index < -0.39 is 10.0 Å². The van der Waals surface area contributed by atoms with E-state index in [2.05, 4.69) is 5.32 Å². The fourth-order valence-electron chi connectivity index (χ4n) is 2.47. The molecule has 0 aliphatic carbocycles. The normalized spacial score (nSPS) is 17.1. The van der Waals surface area contributed by atoms with Gasteiger partial charge in [-0.15, -0.1) is 11.8 Å². The van der Waals surface area contributed by atoms with Crippen molar-refractivity contribution in [2.24, 2.45) is 0 Å². The maximum atomic E-state index is 12.9. The highest BCUT2D eigenvalue weighted by molar-refractivity contribution is 8.01. The first kappa shape index (κ1) is 16.9. The molecule has 1 aliphatic rings. The van der Waals surface area contributed by atoms with Crippen LogP contribution in [0, 0.1) is 6.92 Å². The van der Waals surface area contributed by atoms with Crippen LogP contribution in [0.4, 0.5) is 11.4 Å². The smallest absolute Gasteiger partial charge is 0.264 e. The molecule has 1 N–H and O–H groups in total. The molecule has 0 radical (unpaired) electrons. The Labute approximate surface area is 146 Å². The van der Waals surface area contributed by atoms with Crippen molar-refractivity contribution in [1.29, 1.82) is 0 Å². The van der Waals surface area contributed by atoms with Crippen molar-refractivity contribution < 1.29 is 13.2 Å². The molecule has 5 nitrogen and oxygen atoms in total. The number of anilines is 2. The molecule has 1 heterocycles. The number of sulfonamides is 1. The van der Waals surface area contributed by atoms with E-state index >= 15 is 0 Å². The zero-order valence-corrected chi connectivity index (χ0v) is 15.2. The van der Waals surface area contributed by atoms with Gasteiger partial charge in [-0.05, 0) is 49.7 Å². The minimum absolute atomic E-state index is 0.117. The summed E-state index contributed by atoms with van der Waals surface area (Å²) >= 11 is 1.43. The Morgan fingerprint density at radius 1 is 1.17 bits per heavy atom. The van der Waals surface area contributed by atoms with Crippen molar-refractivity contribution in [3.05, 3.63) is 48.0 Å². The molecule has 0 fully saturated rings. The van der Waals surface area contributed by atoms with E-state index in [-0.39, 0.29) is 16.1 Å². The number of hydrogen-bond acceptors (Lipinski definition) is 4. The Kier molecular flexibility index (Phi) is 4.31. The number of rotatable bonds is 3. The standard InChI is InChI=1S/C17H18N2O3S2/c1-11-5-4-6-13(9-11)19(3)24(21,22)14-7-8-16-15(10-14)18-17(20)12(2)23-16/h4-10,12H,1-3H3,(H,18,20)/t12-/m1/s1. The Balaban J connectivity index is 1.99. The number of thioether (sulfide) groups is 1. The van der Waals surface area contributed by atoms with Gasteiger partial charge >= 0.3 is 0 Å². The first-order valence-electron chi connectivity index (χ1n) is 7.46. The Hall–Kier alpha value is -1.99. The van der Waals surface area contributed by atoms with Gasteiger partial charge < -0.3 is 5.32 Å². The SMILES string of the molecule is Cc1cccc(N(C)S(=O)(=O)c2ccc3c(c2)NC(=O)[C@@H](C)S3)c1. The molecule has 1 amide bonds. The van der Waals surface area contributed by atoms with Crippen LogP contribution in [0.2, 0.25) is 0 Å². The maximum Gasteiger partial charge on any atom is 0.264 e. The van der Waals surface area contributed by atoms with E-state index in [4.69, 9.17) is 0 Å². The van der Waals surface area contributed by atoms with Gasteiger partial charge in [-0.25, -0.2) is 8.42 Å². The molecular formula is C17H18N2O3S2. The highest BCUT2D eigenvalue weighted by Gasteiger charge is 2.27. The van der Waals surface area contributed by atoms with E-state index in [0.29, 0.717) is 11.4 Å². The number of aryl methyl sites for hydroxylation is 1. The molecule has 0 saturated carbocycles. The van der Waals surface area contributed by atoms with Crippen LogP contribution < -0.4 is 9.62 Å². The molecule has 7 heteroatoms. The number of amides is 1. The molecule has 1 atom stereocenters. The molecule has 0 spiro atoms. The van der Waals surface area contributed by atoms with Gasteiger partial charge in [0.2, 0.25) is 5.91 Å². The van der Waals surface area contributed by atoms with E-state index in [9.17, 15) is 13.2 Å². The fraction of sp³-hybridized carbons (Fsp3) is 0.235. The monoisotopic (exact) mass is 362 g/mol. The topological polar surface area (TPSA) is 66.5 Å². The lowest BCUT2D eigenvalue weighted by molar-refractivity contribution is -0.115. The van der Waals surface area contributed by atoms with Crippen molar-refractivity contribution in [2.45, 2.75) is 28.9 Å². The van der Waals surface area contributed by atoms with Crippen molar-refractivity contribution in [3.63, 3.8) is 0 Å². The van der Waals surface area contributed by atoms with Crippen LogP contribution in [0.25, 0.3) is 0 Å². The molecule has 2 aromatic carbocycles. The third-order valence-electron chi connectivity index (χ3n) is 3.91. The number of carbonyl (C=O) groups is 1. The Bertz CT molecular complexity index is 910. The van der Waals surface area contributed by atoms with Crippen molar-refractivity contribution in [1.82, 2.24) is 0 Å². The molecule has 126 valence electrons. The molecule has 0 bridgehead atoms. The van der Waals surface area contributed by atoms with Gasteiger partial charge in [-0.1, -0.05) is 12.1 Å². The van der Waals surface area contributed by atoms with Crippen LogP contribution in [0.1, 0.15) is 12.5 Å². The third kappa shape index (κ3) is 3.01. The number of benzene rings is 2. The summed E-state index contributed by atoms with van der Waals surface area (Å²) < 4.78 is 27.0. The quantitative estimate of drug-likeness (QED) is 0.910. The predicted octanol–water partition coefficient (Wildman–Crippen LogP) is 3.25. The second-order valence-corrected chi connectivity index (χ2v) is 9.07. The molecule has 24 heavy (non-hydrogen) atoms. The van der Waals surface area contributed by atoms with Crippen LogP contribution in [-0.2, 0) is 14.8 Å². The van der Waals surface area contributed by atoms with Gasteiger partial charge in [0.15, 0.2) is 0 Å². The van der Waals surface area contributed by atoms with Crippen molar-refractivity contribution in [2.75, 3.05) is 16.7 Å². The summed E-state index contributed by atoms with van der Waals surface area (Å²) in [6.45, 7) is 3.73. The van der Waals surface area contributed by atoms with Gasteiger partial charge in [0, 0.05) is 11.9 Å². The van der Waals surface area contributed by atoms with Gasteiger partial charge in [0.05, 0.1) is 21.5 Å². The number of fused-ring (bicyclic) bond motifs is 1. The van der Waals surface area contributed by atoms with E-state index in [1.165, 1.54) is 29.2 Å². The number of carbonyl (C=O) groups excluding carboxylic acids is 1. The summed E-state index contributed by atoms with van der Waals surface area (Å²) in [5.41, 5.74) is 2.12. The van der Waals surface area contributed by atoms with Gasteiger partial charge in [-0.2, -0.15) is 0 Å². The minimum atomic E-state index is -3.70. The Morgan fingerprint density at radius 3 is 2.62 bits per heavy atom. The van der Waals surface area contributed by atoms with Crippen molar-refractivity contribution in [3.8, 4) is 0 Å². The van der Waals surface area contributed by atoms with Gasteiger partial charge in [-0.3, -0.25) is 9.10 Å². The van der Waals surface area contributed by atoms with Crippen LogP contribution in [0.15, 0.2) is 52.3 Å². The van der Waals surface area contributed by atoms with E-state index in [0.717, 1.165) is 10.5 Å². The molecule has 3 rings (SSSR count). The second kappa shape index (κ2) is 6.14. The average Bonchev–Trinajstić information content (AvgIpc) is 2.54. The number of hydrogen-bond donors (Lipinski definition) is 1. The number of nitrogens with one attached hydrogen (secondary N) is 1. The maximum absolute atomic E-state index is 12.9. The zero-order chi connectivity index (χ0) is 17.5. The largest absolute Gasteiger partial charge is 0.324 e. The fourth-order valence-corrected chi connectivity index (χ4v) is 4.61. The lowest BCUT2D eigenvalue weighted by Gasteiger charge is -2.24. The predicted molar refractivity (Wildman–Crippen MR) is 97.2 cm³/mol. The molecule has 0 saturated heterocycles. The molecule has 1 aliphatic heterocycles. The zero-order valence-electron chi connectivity index (χ0n) is 13.6. The summed E-state index contributed by atoms with van der Waals surface area (Å²) in [5, 5.41) is 2.58. The lowest BCUT2D eigenvalue weighted by Crippen LogP contribution is -2.28.